The molecule has 3 heterocycles. The normalized spacial score (nSPS) is 16.4. The van der Waals surface area contributed by atoms with Crippen LogP contribution in [0, 0.1) is 6.92 Å². The molecule has 0 saturated carbocycles. The van der Waals surface area contributed by atoms with Crippen LogP contribution < -0.4 is 10.6 Å². The second-order valence-corrected chi connectivity index (χ2v) is 6.17. The molecule has 1 aromatic carbocycles. The summed E-state index contributed by atoms with van der Waals surface area (Å²) in [6, 6.07) is 13.5. The molecule has 2 N–H and O–H groups in total. The van der Waals surface area contributed by atoms with E-state index >= 15 is 0 Å². The number of ether oxygens (including phenoxy) is 1. The number of hydrogen-bond donors (Lipinski definition) is 2. The lowest BCUT2D eigenvalue weighted by Crippen LogP contribution is -2.40. The van der Waals surface area contributed by atoms with Crippen molar-refractivity contribution in [2.24, 2.45) is 0 Å². The van der Waals surface area contributed by atoms with Crippen molar-refractivity contribution in [2.45, 2.75) is 26.1 Å². The highest BCUT2D eigenvalue weighted by molar-refractivity contribution is 5.74. The maximum atomic E-state index is 12.4. The minimum Gasteiger partial charge on any atom is -0.374 e. The predicted octanol–water partition coefficient (Wildman–Crippen LogP) is 2.71. The average molecular weight is 336 g/mol. The lowest BCUT2D eigenvalue weighted by molar-refractivity contribution is 0.0843. The second-order valence-electron chi connectivity index (χ2n) is 6.17. The number of nitrogens with zero attached hydrogens (tertiary/aromatic N) is 2. The quantitative estimate of drug-likeness (QED) is 0.773. The molecule has 6 nitrogen and oxygen atoms in total. The average Bonchev–Trinajstić information content (AvgIpc) is 2.95. The Balaban J connectivity index is 1.44. The van der Waals surface area contributed by atoms with Crippen LogP contribution in [-0.4, -0.2) is 22.0 Å². The summed E-state index contributed by atoms with van der Waals surface area (Å²) in [4.78, 5) is 16.9. The summed E-state index contributed by atoms with van der Waals surface area (Å²) in [7, 11) is 0. The Morgan fingerprint density at radius 3 is 3.04 bits per heavy atom. The minimum atomic E-state index is -0.212. The largest absolute Gasteiger partial charge is 0.374 e. The number of rotatable bonds is 3. The zero-order valence-corrected chi connectivity index (χ0v) is 14.0. The zero-order valence-electron chi connectivity index (χ0n) is 14.0. The van der Waals surface area contributed by atoms with E-state index < -0.39 is 0 Å². The number of carbonyl (C=O) groups is 1. The Morgan fingerprint density at radius 1 is 1.28 bits per heavy atom. The third kappa shape index (κ3) is 3.08. The topological polar surface area (TPSA) is 67.7 Å². The fourth-order valence-electron chi connectivity index (χ4n) is 3.25. The van der Waals surface area contributed by atoms with Gasteiger partial charge in [-0.15, -0.1) is 0 Å². The molecule has 1 atom stereocenters. The van der Waals surface area contributed by atoms with Gasteiger partial charge in [0.25, 0.3) is 0 Å². The minimum absolute atomic E-state index is 0.131. The van der Waals surface area contributed by atoms with Gasteiger partial charge in [0.1, 0.15) is 5.65 Å². The van der Waals surface area contributed by atoms with Crippen LogP contribution in [0.5, 0.6) is 0 Å². The summed E-state index contributed by atoms with van der Waals surface area (Å²) >= 11 is 0. The van der Waals surface area contributed by atoms with Crippen molar-refractivity contribution in [3.8, 4) is 0 Å². The third-order valence-corrected chi connectivity index (χ3v) is 4.52. The highest BCUT2D eigenvalue weighted by Crippen LogP contribution is 2.24. The predicted molar refractivity (Wildman–Crippen MR) is 94.1 cm³/mol. The highest BCUT2D eigenvalue weighted by Gasteiger charge is 2.22. The van der Waals surface area contributed by atoms with E-state index in [1.165, 1.54) is 0 Å². The molecule has 0 bridgehead atoms. The van der Waals surface area contributed by atoms with Crippen LogP contribution in [0.3, 0.4) is 0 Å². The Morgan fingerprint density at radius 2 is 2.12 bits per heavy atom. The van der Waals surface area contributed by atoms with E-state index in [1.807, 2.05) is 60.0 Å². The van der Waals surface area contributed by atoms with Gasteiger partial charge in [0.2, 0.25) is 0 Å². The first kappa shape index (κ1) is 15.7. The number of hydrogen-bond acceptors (Lipinski definition) is 3. The van der Waals surface area contributed by atoms with Gasteiger partial charge in [-0.3, -0.25) is 0 Å². The highest BCUT2D eigenvalue weighted by atomic mass is 16.5. The number of aryl methyl sites for hydroxylation is 1. The van der Waals surface area contributed by atoms with Crippen LogP contribution in [-0.2, 0) is 17.9 Å². The SMILES string of the molecule is Cc1nc2ccccn2c1CNC(=O)NC1COCc2ccccc21. The Labute approximate surface area is 145 Å². The van der Waals surface area contributed by atoms with E-state index in [0.29, 0.717) is 19.8 Å². The molecule has 2 aromatic heterocycles. The van der Waals surface area contributed by atoms with Gasteiger partial charge in [-0.1, -0.05) is 30.3 Å². The molecule has 0 radical (unpaired) electrons. The number of imidazole rings is 1. The van der Waals surface area contributed by atoms with E-state index in [2.05, 4.69) is 15.6 Å². The van der Waals surface area contributed by atoms with Crippen LogP contribution in [0.1, 0.15) is 28.6 Å². The first-order valence-electron chi connectivity index (χ1n) is 8.35. The standard InChI is InChI=1S/C19H20N4O2/c1-13-17(23-9-5-4-8-18(23)21-13)10-20-19(24)22-16-12-25-11-14-6-2-3-7-15(14)16/h2-9,16H,10-12H2,1H3,(H2,20,22,24). The smallest absolute Gasteiger partial charge is 0.315 e. The first-order valence-corrected chi connectivity index (χ1v) is 8.35. The fraction of sp³-hybridized carbons (Fsp3) is 0.263. The van der Waals surface area contributed by atoms with Crippen molar-refractivity contribution < 1.29 is 9.53 Å². The summed E-state index contributed by atoms with van der Waals surface area (Å²) in [6.45, 7) is 3.45. The summed E-state index contributed by atoms with van der Waals surface area (Å²) in [5.74, 6) is 0. The third-order valence-electron chi connectivity index (χ3n) is 4.52. The monoisotopic (exact) mass is 336 g/mol. The first-order chi connectivity index (χ1) is 12.2. The summed E-state index contributed by atoms with van der Waals surface area (Å²) < 4.78 is 7.57. The van der Waals surface area contributed by atoms with Crippen molar-refractivity contribution in [1.29, 1.82) is 0 Å². The fourth-order valence-corrected chi connectivity index (χ4v) is 3.25. The van der Waals surface area contributed by atoms with E-state index in [1.54, 1.807) is 0 Å². The lowest BCUT2D eigenvalue weighted by Gasteiger charge is -2.26. The maximum Gasteiger partial charge on any atom is 0.315 e. The maximum absolute atomic E-state index is 12.4. The molecule has 0 aliphatic carbocycles. The van der Waals surface area contributed by atoms with E-state index in [-0.39, 0.29) is 12.1 Å². The van der Waals surface area contributed by atoms with Gasteiger partial charge >= 0.3 is 6.03 Å². The van der Waals surface area contributed by atoms with Crippen molar-refractivity contribution in [3.63, 3.8) is 0 Å². The molecule has 1 aliphatic heterocycles. The summed E-state index contributed by atoms with van der Waals surface area (Å²) in [6.07, 6.45) is 1.95. The van der Waals surface area contributed by atoms with Crippen molar-refractivity contribution in [2.75, 3.05) is 6.61 Å². The number of carbonyl (C=O) groups excluding carboxylic acids is 1. The van der Waals surface area contributed by atoms with Crippen LogP contribution in [0.4, 0.5) is 4.79 Å². The van der Waals surface area contributed by atoms with Crippen LogP contribution in [0.2, 0.25) is 0 Å². The summed E-state index contributed by atoms with van der Waals surface area (Å²) in [5, 5.41) is 5.93. The van der Waals surface area contributed by atoms with Gasteiger partial charge in [0.05, 0.1) is 37.2 Å². The molecule has 1 unspecified atom stereocenters. The number of nitrogens with one attached hydrogen (secondary N) is 2. The molecule has 4 rings (SSSR count). The Hall–Kier alpha value is -2.86. The number of pyridine rings is 1. The number of urea groups is 1. The van der Waals surface area contributed by atoms with Gasteiger partial charge in [-0.2, -0.15) is 0 Å². The molecular weight excluding hydrogens is 316 g/mol. The molecule has 128 valence electrons. The number of benzene rings is 1. The molecule has 1 aliphatic rings. The van der Waals surface area contributed by atoms with Gasteiger partial charge in [0.15, 0.2) is 0 Å². The Bertz CT molecular complexity index is 919. The van der Waals surface area contributed by atoms with Crippen LogP contribution in [0.15, 0.2) is 48.7 Å². The second kappa shape index (κ2) is 6.57. The van der Waals surface area contributed by atoms with E-state index in [4.69, 9.17) is 4.74 Å². The Kier molecular flexibility index (Phi) is 4.11. The summed E-state index contributed by atoms with van der Waals surface area (Å²) in [5.41, 5.74) is 5.02. The number of aromatic nitrogens is 2. The van der Waals surface area contributed by atoms with Gasteiger partial charge in [-0.05, 0) is 30.2 Å². The van der Waals surface area contributed by atoms with E-state index in [9.17, 15) is 4.79 Å². The molecule has 2 amide bonds. The number of amides is 2. The van der Waals surface area contributed by atoms with Crippen molar-refractivity contribution in [3.05, 3.63) is 71.2 Å². The molecule has 3 aromatic rings. The lowest BCUT2D eigenvalue weighted by atomic mass is 9.99. The molecule has 0 spiro atoms. The molecule has 0 fully saturated rings. The zero-order chi connectivity index (χ0) is 17.2. The number of fused-ring (bicyclic) bond motifs is 2. The molecular formula is C19H20N4O2. The van der Waals surface area contributed by atoms with Crippen molar-refractivity contribution in [1.82, 2.24) is 20.0 Å². The molecule has 0 saturated heterocycles. The van der Waals surface area contributed by atoms with E-state index in [0.717, 1.165) is 28.2 Å². The van der Waals surface area contributed by atoms with Gasteiger partial charge < -0.3 is 19.8 Å². The van der Waals surface area contributed by atoms with Gasteiger partial charge in [-0.25, -0.2) is 9.78 Å². The molecule has 6 heteroatoms. The van der Waals surface area contributed by atoms with Gasteiger partial charge in [0, 0.05) is 6.20 Å². The van der Waals surface area contributed by atoms with Crippen LogP contribution in [0.25, 0.3) is 5.65 Å². The van der Waals surface area contributed by atoms with Crippen molar-refractivity contribution >= 4 is 11.7 Å². The van der Waals surface area contributed by atoms with Crippen LogP contribution >= 0.6 is 0 Å². The molecule has 25 heavy (non-hydrogen) atoms.